The zero-order chi connectivity index (χ0) is 50.1. The van der Waals surface area contributed by atoms with Gasteiger partial charge in [0, 0.05) is 24.2 Å². The lowest BCUT2D eigenvalue weighted by Gasteiger charge is -2.26. The second kappa shape index (κ2) is 34.7. The van der Waals surface area contributed by atoms with E-state index in [1.165, 1.54) is 0 Å². The largest absolute Gasteiger partial charge is 0.493 e. The van der Waals surface area contributed by atoms with Crippen LogP contribution in [0.1, 0.15) is 114 Å². The highest BCUT2D eigenvalue weighted by Crippen LogP contribution is 2.36. The molecule has 4 amide bonds. The third-order valence-corrected chi connectivity index (χ3v) is 10.4. The van der Waals surface area contributed by atoms with Gasteiger partial charge in [-0.3, -0.25) is 19.4 Å². The monoisotopic (exact) mass is 1030 g/mol. The molecule has 1 unspecified atom stereocenters. The molecular formula is C51H80BFN7O9PS. The van der Waals surface area contributed by atoms with E-state index in [9.17, 15) is 28.2 Å². The predicted octanol–water partition coefficient (Wildman–Crippen LogP) is 8.53. The number of ether oxygens (including phenoxy) is 4. The van der Waals surface area contributed by atoms with E-state index in [0.29, 0.717) is 42.4 Å². The number of nitrogens with zero attached hydrogens (tertiary/aromatic N) is 1. The second-order valence-corrected chi connectivity index (χ2v) is 18.9. The number of halogens is 1. The highest BCUT2D eigenvalue weighted by molar-refractivity contribution is 7.76. The summed E-state index contributed by atoms with van der Waals surface area (Å²) in [6.07, 6.45) is 1.62. The number of alkyl carbamates (subject to hydrolysis) is 1. The molecule has 4 atom stereocenters. The number of carbonyl (C=O) groups excluding carboxylic acids is 5. The topological polar surface area (TPSA) is 221 Å². The molecule has 0 saturated carbocycles. The van der Waals surface area contributed by atoms with Crippen LogP contribution in [0.15, 0.2) is 83.9 Å². The Bertz CT molecular complexity index is 2080. The maximum atomic E-state index is 14.3. The Balaban J connectivity index is 0.0000163. The van der Waals surface area contributed by atoms with Gasteiger partial charge in [-0.2, -0.15) is 13.5 Å². The van der Waals surface area contributed by atoms with Gasteiger partial charge in [0.15, 0.2) is 20.1 Å². The number of guanidine groups is 1. The van der Waals surface area contributed by atoms with Crippen molar-refractivity contribution in [1.29, 1.82) is 0 Å². The third-order valence-electron chi connectivity index (χ3n) is 9.93. The SMILES string of the molecule is C.C.S.[B]P(F)NC(N)=NCCC[C@@H](NC(=O)[C@@H](CCCCNC(=O)OC(C)(C)C)NC(=O)COc1ccccc1-c1ccccc1OCCC(C)C)C(=O)N[C@@H](CC(C)C)C(=O)OCc1ccccc1. The molecule has 0 aliphatic rings. The van der Waals surface area contributed by atoms with Crippen LogP contribution in [0, 0.1) is 11.8 Å². The van der Waals surface area contributed by atoms with Gasteiger partial charge in [0.1, 0.15) is 50.1 Å². The molecular weight excluding hydrogens is 947 g/mol. The lowest BCUT2D eigenvalue weighted by Crippen LogP contribution is -2.56. The van der Waals surface area contributed by atoms with Crippen LogP contribution in [0.4, 0.5) is 8.99 Å². The molecule has 0 heterocycles. The number of unbranched alkanes of at least 4 members (excludes halogenated alkanes) is 1. The van der Waals surface area contributed by atoms with Crippen molar-refractivity contribution in [1.82, 2.24) is 26.4 Å². The van der Waals surface area contributed by atoms with Gasteiger partial charge in [0.25, 0.3) is 5.91 Å². The normalized spacial score (nSPS) is 12.8. The van der Waals surface area contributed by atoms with Crippen LogP contribution in [0.25, 0.3) is 11.1 Å². The molecule has 0 aliphatic heterocycles. The Morgan fingerprint density at radius 2 is 1.28 bits per heavy atom. The lowest BCUT2D eigenvalue weighted by molar-refractivity contribution is -0.150. The first-order valence-corrected chi connectivity index (χ1v) is 24.4. The van der Waals surface area contributed by atoms with Gasteiger partial charge in [0.05, 0.1) is 6.61 Å². The fourth-order valence-corrected chi connectivity index (χ4v) is 6.92. The minimum Gasteiger partial charge on any atom is -0.493 e. The van der Waals surface area contributed by atoms with Crippen LogP contribution in [0.2, 0.25) is 0 Å². The molecule has 0 saturated heterocycles. The van der Waals surface area contributed by atoms with Crippen molar-refractivity contribution in [3.63, 3.8) is 0 Å². The maximum Gasteiger partial charge on any atom is 0.407 e. The molecule has 3 rings (SSSR count). The molecule has 2 radical (unpaired) electrons. The van der Waals surface area contributed by atoms with Crippen molar-refractivity contribution < 1.29 is 47.1 Å². The minimum atomic E-state index is -2.55. The number of hydrogen-bond donors (Lipinski definition) is 6. The van der Waals surface area contributed by atoms with Crippen LogP contribution >= 0.6 is 21.8 Å². The first kappa shape index (κ1) is 65.5. The molecule has 0 bridgehead atoms. The molecule has 3 aromatic rings. The van der Waals surface area contributed by atoms with E-state index >= 15 is 0 Å². The van der Waals surface area contributed by atoms with Crippen LogP contribution in [-0.2, 0) is 35.3 Å². The minimum absolute atomic E-state index is 0. The van der Waals surface area contributed by atoms with Gasteiger partial charge in [-0.15, -0.1) is 0 Å². The summed E-state index contributed by atoms with van der Waals surface area (Å²) in [7, 11) is 2.63. The van der Waals surface area contributed by atoms with E-state index in [1.54, 1.807) is 32.9 Å². The zero-order valence-electron chi connectivity index (χ0n) is 41.0. The average Bonchev–Trinajstić information content (AvgIpc) is 3.27. The summed E-state index contributed by atoms with van der Waals surface area (Å²) in [5.41, 5.74) is 7.29. The fourth-order valence-electron chi connectivity index (χ4n) is 6.63. The van der Waals surface area contributed by atoms with Gasteiger partial charge in [0.2, 0.25) is 11.8 Å². The summed E-state index contributed by atoms with van der Waals surface area (Å²) in [6.45, 7) is 13.6. The smallest absolute Gasteiger partial charge is 0.407 e. The van der Waals surface area contributed by atoms with Crippen molar-refractivity contribution in [2.24, 2.45) is 22.6 Å². The standard InChI is InChI=1S/C49H70BFN7O9P.2CH4.H2S/c1-33(2)26-29-64-41-24-13-11-20-36(41)37-21-12-14-25-42(37)65-32-43(59)55-38(22-15-16-27-54-48(63)67-49(5,6)7)44(60)56-39(23-17-28-53-47(52)58-68(50)51)45(61)57-40(30-34(3)4)46(62)66-31-35-18-9-8-10-19-35;;;/h8-14,18-21,24-25,33-34,38-40H,15-17,22-23,26-32H2,1-7H3,(H,54,63)(H,55,59)(H,56,60)(H,57,61)(H3,52,53,58);2*1H4;1H2/t38-,39-,40+,68?;;;/m1.../s1. The van der Waals surface area contributed by atoms with E-state index in [-0.39, 0.29) is 85.6 Å². The van der Waals surface area contributed by atoms with Crippen molar-refractivity contribution in [3.05, 3.63) is 84.4 Å². The van der Waals surface area contributed by atoms with E-state index < -0.39 is 68.4 Å². The number of amides is 4. The Morgan fingerprint density at radius 1 is 0.732 bits per heavy atom. The van der Waals surface area contributed by atoms with Gasteiger partial charge in [-0.1, -0.05) is 109 Å². The molecule has 71 heavy (non-hydrogen) atoms. The fraction of sp³-hybridized carbons (Fsp3) is 0.529. The predicted molar refractivity (Wildman–Crippen MR) is 288 cm³/mol. The molecule has 0 fully saturated rings. The van der Waals surface area contributed by atoms with Crippen LogP contribution in [-0.4, -0.2) is 93.3 Å². The number of rotatable bonds is 28. The highest BCUT2D eigenvalue weighted by atomic mass is 32.1. The Morgan fingerprint density at radius 3 is 1.86 bits per heavy atom. The second-order valence-electron chi connectivity index (χ2n) is 18.0. The van der Waals surface area contributed by atoms with E-state index in [0.717, 1.165) is 17.5 Å². The number of benzene rings is 3. The molecule has 0 aliphatic carbocycles. The van der Waals surface area contributed by atoms with Gasteiger partial charge >= 0.3 is 12.1 Å². The van der Waals surface area contributed by atoms with Crippen molar-refractivity contribution in [2.45, 2.75) is 139 Å². The Kier molecular flexibility index (Phi) is 32.0. The van der Waals surface area contributed by atoms with E-state index in [1.807, 2.05) is 80.6 Å². The van der Waals surface area contributed by atoms with E-state index in [4.69, 9.17) is 32.2 Å². The molecule has 7 N–H and O–H groups in total. The first-order valence-electron chi connectivity index (χ1n) is 23.1. The summed E-state index contributed by atoms with van der Waals surface area (Å²) in [4.78, 5) is 71.8. The summed E-state index contributed by atoms with van der Waals surface area (Å²) in [6, 6.07) is 20.5. The average molecular weight is 1030 g/mol. The number of para-hydroxylation sites is 2. The van der Waals surface area contributed by atoms with Crippen LogP contribution < -0.4 is 41.6 Å². The lowest BCUT2D eigenvalue weighted by atomic mass is 10.0. The zero-order valence-corrected chi connectivity index (χ0v) is 42.9. The number of nitrogens with one attached hydrogen (secondary N) is 5. The Hall–Kier alpha value is -5.55. The van der Waals surface area contributed by atoms with Crippen molar-refractivity contribution >= 4 is 65.1 Å². The number of carbonyl (C=O) groups is 5. The number of aliphatic imine (C=N–C) groups is 1. The van der Waals surface area contributed by atoms with Crippen molar-refractivity contribution in [2.75, 3.05) is 26.3 Å². The Labute approximate surface area is 431 Å². The third kappa shape index (κ3) is 27.0. The van der Waals surface area contributed by atoms with Gasteiger partial charge < -0.3 is 51.0 Å². The maximum absolute atomic E-state index is 14.3. The molecule has 16 nitrogen and oxygen atoms in total. The molecule has 3 aromatic carbocycles. The molecule has 0 spiro atoms. The highest BCUT2D eigenvalue weighted by Gasteiger charge is 2.31. The van der Waals surface area contributed by atoms with Gasteiger partial charge in [-0.05, 0) is 95.2 Å². The van der Waals surface area contributed by atoms with Crippen molar-refractivity contribution in [3.8, 4) is 22.6 Å². The molecule has 394 valence electrons. The summed E-state index contributed by atoms with van der Waals surface area (Å²) in [5.74, 6) is -1.33. The van der Waals surface area contributed by atoms with Crippen LogP contribution in [0.3, 0.4) is 0 Å². The quantitative estimate of drug-likeness (QED) is 0.0101. The first-order chi connectivity index (χ1) is 32.3. The van der Waals surface area contributed by atoms with Gasteiger partial charge in [-0.25, -0.2) is 13.8 Å². The summed E-state index contributed by atoms with van der Waals surface area (Å²) in [5, 5.41) is 13.2. The molecule has 0 aromatic heterocycles. The number of esters is 1. The number of hydrogen-bond acceptors (Lipinski definition) is 10. The summed E-state index contributed by atoms with van der Waals surface area (Å²) >= 11 is 0. The molecule has 20 heteroatoms. The number of nitrogens with two attached hydrogens (primary N) is 1. The van der Waals surface area contributed by atoms with Crippen LogP contribution in [0.5, 0.6) is 11.5 Å². The van der Waals surface area contributed by atoms with E-state index in [2.05, 4.69) is 45.2 Å². The summed E-state index contributed by atoms with van der Waals surface area (Å²) < 4.78 is 36.5.